The van der Waals surface area contributed by atoms with Crippen molar-refractivity contribution in [2.45, 2.75) is 6.92 Å². The van der Waals surface area contributed by atoms with Crippen molar-refractivity contribution in [2.75, 3.05) is 5.32 Å². The first kappa shape index (κ1) is 12.6. The summed E-state index contributed by atoms with van der Waals surface area (Å²) in [7, 11) is 0. The molecule has 0 saturated carbocycles. The predicted molar refractivity (Wildman–Crippen MR) is 87.1 cm³/mol. The largest absolute Gasteiger partial charge is 0.359 e. The summed E-state index contributed by atoms with van der Waals surface area (Å²) in [5.41, 5.74) is 4.16. The van der Waals surface area contributed by atoms with Crippen LogP contribution >= 0.6 is 0 Å². The van der Waals surface area contributed by atoms with E-state index in [1.807, 2.05) is 49.4 Å². The molecule has 22 heavy (non-hydrogen) atoms. The number of hydrogen-bond acceptors (Lipinski definition) is 2. The fourth-order valence-corrected chi connectivity index (χ4v) is 2.68. The molecule has 1 amide bonds. The van der Waals surface area contributed by atoms with E-state index in [4.69, 9.17) is 0 Å². The van der Waals surface area contributed by atoms with E-state index in [1.54, 1.807) is 0 Å². The van der Waals surface area contributed by atoms with Gasteiger partial charge in [-0.2, -0.15) is 5.10 Å². The van der Waals surface area contributed by atoms with E-state index in [0.29, 0.717) is 5.69 Å². The summed E-state index contributed by atoms with van der Waals surface area (Å²) in [6.07, 6.45) is 0. The van der Waals surface area contributed by atoms with Gasteiger partial charge in [0.05, 0.1) is 5.52 Å². The Morgan fingerprint density at radius 1 is 1.09 bits per heavy atom. The molecule has 0 spiro atoms. The van der Waals surface area contributed by atoms with E-state index in [1.165, 1.54) is 0 Å². The molecule has 0 aliphatic carbocycles. The number of hydrogen-bond donors (Lipinski definition) is 3. The van der Waals surface area contributed by atoms with Gasteiger partial charge in [0, 0.05) is 27.7 Å². The molecule has 2 aromatic carbocycles. The average Bonchev–Trinajstić information content (AvgIpc) is 3.09. The number of para-hydroxylation sites is 1. The fourth-order valence-electron chi connectivity index (χ4n) is 2.68. The van der Waals surface area contributed by atoms with Crippen LogP contribution in [-0.2, 0) is 0 Å². The number of anilines is 1. The van der Waals surface area contributed by atoms with Crippen LogP contribution in [0.2, 0.25) is 0 Å². The van der Waals surface area contributed by atoms with Crippen molar-refractivity contribution in [2.24, 2.45) is 0 Å². The number of fused-ring (bicyclic) bond motifs is 2. The second-order valence-electron chi connectivity index (χ2n) is 5.33. The van der Waals surface area contributed by atoms with Crippen molar-refractivity contribution in [3.63, 3.8) is 0 Å². The fraction of sp³-hybridized carbons (Fsp3) is 0.0588. The van der Waals surface area contributed by atoms with Crippen LogP contribution in [0.5, 0.6) is 0 Å². The van der Waals surface area contributed by atoms with Crippen LogP contribution in [0.1, 0.15) is 16.2 Å². The smallest absolute Gasteiger partial charge is 0.276 e. The molecule has 2 aromatic heterocycles. The number of H-pyrrole nitrogens is 2. The van der Waals surface area contributed by atoms with E-state index < -0.39 is 0 Å². The normalized spacial score (nSPS) is 11.1. The summed E-state index contributed by atoms with van der Waals surface area (Å²) < 4.78 is 0. The maximum Gasteiger partial charge on any atom is 0.276 e. The van der Waals surface area contributed by atoms with Gasteiger partial charge < -0.3 is 10.3 Å². The number of nitrogens with one attached hydrogen (secondary N) is 3. The molecule has 0 aliphatic heterocycles. The highest BCUT2D eigenvalue weighted by Crippen LogP contribution is 2.21. The summed E-state index contributed by atoms with van der Waals surface area (Å²) in [5.74, 6) is -0.218. The van der Waals surface area contributed by atoms with Crippen molar-refractivity contribution in [1.82, 2.24) is 15.2 Å². The summed E-state index contributed by atoms with van der Waals surface area (Å²) in [5, 5.41) is 11.8. The zero-order chi connectivity index (χ0) is 15.1. The van der Waals surface area contributed by atoms with Crippen molar-refractivity contribution < 1.29 is 4.79 Å². The van der Waals surface area contributed by atoms with Crippen molar-refractivity contribution in [3.05, 3.63) is 59.9 Å². The first-order valence-corrected chi connectivity index (χ1v) is 7.04. The second kappa shape index (κ2) is 4.73. The van der Waals surface area contributed by atoms with Crippen LogP contribution in [0.15, 0.2) is 48.5 Å². The van der Waals surface area contributed by atoms with Crippen LogP contribution in [0.25, 0.3) is 21.8 Å². The number of aryl methyl sites for hydroxylation is 1. The first-order valence-electron chi connectivity index (χ1n) is 7.04. The lowest BCUT2D eigenvalue weighted by molar-refractivity contribution is 0.102. The van der Waals surface area contributed by atoms with Crippen molar-refractivity contribution in [1.29, 1.82) is 0 Å². The Bertz CT molecular complexity index is 996. The molecule has 0 unspecified atom stereocenters. The molecule has 3 N–H and O–H groups in total. The minimum atomic E-state index is -0.218. The van der Waals surface area contributed by atoms with Gasteiger partial charge in [-0.15, -0.1) is 0 Å². The van der Waals surface area contributed by atoms with Crippen LogP contribution in [0.4, 0.5) is 5.69 Å². The maximum absolute atomic E-state index is 12.4. The number of aromatic nitrogens is 3. The number of carbonyl (C=O) groups is 1. The molecule has 108 valence electrons. The summed E-state index contributed by atoms with van der Waals surface area (Å²) >= 11 is 0. The molecule has 5 heteroatoms. The Morgan fingerprint density at radius 2 is 1.95 bits per heavy atom. The zero-order valence-corrected chi connectivity index (χ0v) is 12.0. The van der Waals surface area contributed by atoms with Gasteiger partial charge in [-0.25, -0.2) is 0 Å². The van der Waals surface area contributed by atoms with Crippen LogP contribution < -0.4 is 5.32 Å². The third kappa shape index (κ3) is 2.03. The minimum absolute atomic E-state index is 0.218. The number of carbonyl (C=O) groups excluding carboxylic acids is 1. The number of nitrogens with zero attached hydrogens (tertiary/aromatic N) is 1. The van der Waals surface area contributed by atoms with Gasteiger partial charge in [-0.3, -0.25) is 9.89 Å². The van der Waals surface area contributed by atoms with E-state index in [2.05, 4.69) is 26.6 Å². The number of amides is 1. The lowest BCUT2D eigenvalue weighted by Gasteiger charge is -2.03. The van der Waals surface area contributed by atoms with Crippen LogP contribution in [0.3, 0.4) is 0 Å². The topological polar surface area (TPSA) is 73.6 Å². The third-order valence-corrected chi connectivity index (χ3v) is 3.70. The number of aromatic amines is 2. The molecule has 5 nitrogen and oxygen atoms in total. The predicted octanol–water partition coefficient (Wildman–Crippen LogP) is 3.60. The van der Waals surface area contributed by atoms with Gasteiger partial charge in [0.15, 0.2) is 5.69 Å². The van der Waals surface area contributed by atoms with E-state index in [0.717, 1.165) is 33.2 Å². The van der Waals surface area contributed by atoms with Gasteiger partial charge in [-0.05, 0) is 37.3 Å². The van der Waals surface area contributed by atoms with E-state index in [-0.39, 0.29) is 5.91 Å². The SMILES string of the molecule is Cc1cc2cc(NC(=O)c3n[nH]c4ccccc34)ccc2[nH]1. The zero-order valence-electron chi connectivity index (χ0n) is 12.0. The Morgan fingerprint density at radius 3 is 2.86 bits per heavy atom. The molecule has 0 saturated heterocycles. The highest BCUT2D eigenvalue weighted by Gasteiger charge is 2.14. The highest BCUT2D eigenvalue weighted by atomic mass is 16.1. The molecule has 4 aromatic rings. The summed E-state index contributed by atoms with van der Waals surface area (Å²) in [6, 6.07) is 15.4. The third-order valence-electron chi connectivity index (χ3n) is 3.70. The summed E-state index contributed by atoms with van der Waals surface area (Å²) in [4.78, 5) is 15.7. The van der Waals surface area contributed by atoms with Crippen LogP contribution in [-0.4, -0.2) is 21.1 Å². The molecule has 0 bridgehead atoms. The molecule has 2 heterocycles. The van der Waals surface area contributed by atoms with Gasteiger partial charge in [0.25, 0.3) is 5.91 Å². The van der Waals surface area contributed by atoms with Gasteiger partial charge >= 0.3 is 0 Å². The lowest BCUT2D eigenvalue weighted by Crippen LogP contribution is -2.12. The van der Waals surface area contributed by atoms with Crippen molar-refractivity contribution >= 4 is 33.4 Å². The van der Waals surface area contributed by atoms with Gasteiger partial charge in [-0.1, -0.05) is 18.2 Å². The molecule has 4 rings (SSSR count). The minimum Gasteiger partial charge on any atom is -0.359 e. The molecule has 0 atom stereocenters. The average molecular weight is 290 g/mol. The molecule has 0 aliphatic rings. The molecular formula is C17H14N4O. The molecular weight excluding hydrogens is 276 g/mol. The van der Waals surface area contributed by atoms with E-state index >= 15 is 0 Å². The monoisotopic (exact) mass is 290 g/mol. The summed E-state index contributed by atoms with van der Waals surface area (Å²) in [6.45, 7) is 2.01. The van der Waals surface area contributed by atoms with Crippen LogP contribution in [0, 0.1) is 6.92 Å². The standard InChI is InChI=1S/C17H14N4O/c1-10-8-11-9-12(6-7-14(11)18-10)19-17(22)16-13-4-2-3-5-15(13)20-21-16/h2-9,18H,1H3,(H,19,22)(H,20,21). The maximum atomic E-state index is 12.4. The Balaban J connectivity index is 1.67. The first-order chi connectivity index (χ1) is 10.7. The highest BCUT2D eigenvalue weighted by molar-refractivity contribution is 6.11. The van der Waals surface area contributed by atoms with Crippen molar-refractivity contribution in [3.8, 4) is 0 Å². The Kier molecular flexibility index (Phi) is 2.72. The number of benzene rings is 2. The van der Waals surface area contributed by atoms with E-state index in [9.17, 15) is 4.79 Å². The molecule has 0 radical (unpaired) electrons. The second-order valence-corrected chi connectivity index (χ2v) is 5.33. The molecule has 0 fully saturated rings. The van der Waals surface area contributed by atoms with Gasteiger partial charge in [0.1, 0.15) is 0 Å². The lowest BCUT2D eigenvalue weighted by atomic mass is 10.2. The Hall–Kier alpha value is -3.08. The Labute approximate surface area is 126 Å². The number of rotatable bonds is 2. The quantitative estimate of drug-likeness (QED) is 0.527. The van der Waals surface area contributed by atoms with Gasteiger partial charge in [0.2, 0.25) is 0 Å².